The number of halogens is 6. The van der Waals surface area contributed by atoms with E-state index in [2.05, 4.69) is 20.0 Å². The fourth-order valence-corrected chi connectivity index (χ4v) is 3.51. The van der Waals surface area contributed by atoms with Gasteiger partial charge in [-0.2, -0.15) is 26.3 Å². The summed E-state index contributed by atoms with van der Waals surface area (Å²) in [5.74, 6) is -1.27. The summed E-state index contributed by atoms with van der Waals surface area (Å²) in [5, 5.41) is 2.34. The first-order valence-corrected chi connectivity index (χ1v) is 10.4. The van der Waals surface area contributed by atoms with Gasteiger partial charge in [0, 0.05) is 23.9 Å². The third kappa shape index (κ3) is 5.75. The van der Waals surface area contributed by atoms with Crippen molar-refractivity contribution in [3.05, 3.63) is 65.9 Å². The minimum atomic E-state index is -5.03. The van der Waals surface area contributed by atoms with Crippen molar-refractivity contribution in [1.29, 1.82) is 0 Å². The van der Waals surface area contributed by atoms with Crippen LogP contribution in [0.2, 0.25) is 0 Å². The van der Waals surface area contributed by atoms with E-state index in [4.69, 9.17) is 4.74 Å². The number of aliphatic imine (C=N–C) groups is 1. The Morgan fingerprint density at radius 2 is 1.72 bits per heavy atom. The second kappa shape index (κ2) is 9.51. The van der Waals surface area contributed by atoms with Crippen molar-refractivity contribution in [2.75, 3.05) is 19.0 Å². The van der Waals surface area contributed by atoms with Gasteiger partial charge in [0.2, 0.25) is 11.8 Å². The number of pyridine rings is 1. The molecule has 0 aliphatic carbocycles. The molecule has 3 aromatic rings. The van der Waals surface area contributed by atoms with Crippen LogP contribution < -0.4 is 14.8 Å². The minimum Gasteiger partial charge on any atom is -0.483 e. The highest BCUT2D eigenvalue weighted by Gasteiger charge is 2.38. The lowest BCUT2D eigenvalue weighted by atomic mass is 10.0. The monoisotopic (exact) mass is 509 g/mol. The van der Waals surface area contributed by atoms with E-state index in [0.29, 0.717) is 17.5 Å². The number of amides is 1. The molecule has 1 N–H and O–H groups in total. The van der Waals surface area contributed by atoms with Crippen molar-refractivity contribution in [3.63, 3.8) is 0 Å². The van der Waals surface area contributed by atoms with Gasteiger partial charge in [0.25, 0.3) is 0 Å². The van der Waals surface area contributed by atoms with Crippen molar-refractivity contribution >= 4 is 23.0 Å². The van der Waals surface area contributed by atoms with Crippen LogP contribution in [-0.2, 0) is 11.0 Å². The van der Waals surface area contributed by atoms with Crippen LogP contribution in [0.4, 0.5) is 37.7 Å². The number of anilines is 1. The van der Waals surface area contributed by atoms with Crippen LogP contribution in [0.25, 0.3) is 11.1 Å². The molecule has 6 nitrogen and oxygen atoms in total. The van der Waals surface area contributed by atoms with Crippen molar-refractivity contribution < 1.29 is 40.6 Å². The first-order chi connectivity index (χ1) is 16.9. The highest BCUT2D eigenvalue weighted by Crippen LogP contribution is 2.43. The van der Waals surface area contributed by atoms with Crippen molar-refractivity contribution in [1.82, 2.24) is 4.98 Å². The second-order valence-electron chi connectivity index (χ2n) is 7.72. The third-order valence-corrected chi connectivity index (χ3v) is 5.13. The number of nitrogens with zero attached hydrogens (tertiary/aromatic N) is 2. The van der Waals surface area contributed by atoms with Gasteiger partial charge in [-0.25, -0.2) is 9.98 Å². The van der Waals surface area contributed by atoms with E-state index in [0.717, 1.165) is 17.2 Å². The zero-order valence-electron chi connectivity index (χ0n) is 18.5. The molecule has 2 heterocycles. The van der Waals surface area contributed by atoms with Crippen LogP contribution in [0.15, 0.2) is 59.7 Å². The summed E-state index contributed by atoms with van der Waals surface area (Å²) >= 11 is 0. The fraction of sp³-hybridized carbons (Fsp3) is 0.208. The Balaban J connectivity index is 1.77. The first kappa shape index (κ1) is 25.0. The normalized spacial score (nSPS) is 13.9. The molecule has 4 rings (SSSR count). The number of alkyl halides is 6. The molecule has 1 amide bonds. The van der Waals surface area contributed by atoms with E-state index in [-0.39, 0.29) is 23.5 Å². The van der Waals surface area contributed by atoms with Crippen LogP contribution >= 0.6 is 0 Å². The zero-order valence-corrected chi connectivity index (χ0v) is 18.5. The zero-order chi connectivity index (χ0) is 26.1. The lowest BCUT2D eigenvalue weighted by Gasteiger charge is -2.17. The number of carbonyl (C=O) groups excluding carboxylic acids is 1. The highest BCUT2D eigenvalue weighted by molar-refractivity contribution is 6.17. The van der Waals surface area contributed by atoms with Crippen molar-refractivity contribution in [2.45, 2.75) is 18.8 Å². The molecule has 0 bridgehead atoms. The predicted octanol–water partition coefficient (Wildman–Crippen LogP) is 6.18. The maximum Gasteiger partial charge on any atom is 0.422 e. The SMILES string of the molecule is COc1ccc(-c2cccc(C3=Nc4cc(OCC(F)(F)F)c(C(F)(F)F)cc4NC(=O)C3)c2)cn1. The molecule has 0 fully saturated rings. The lowest BCUT2D eigenvalue weighted by molar-refractivity contribution is -0.158. The Morgan fingerprint density at radius 1 is 0.972 bits per heavy atom. The van der Waals surface area contributed by atoms with Crippen LogP contribution in [0, 0.1) is 0 Å². The summed E-state index contributed by atoms with van der Waals surface area (Å²) in [7, 11) is 1.48. The van der Waals surface area contributed by atoms with Gasteiger partial charge >= 0.3 is 12.4 Å². The maximum atomic E-state index is 13.5. The molecule has 0 atom stereocenters. The van der Waals surface area contributed by atoms with Gasteiger partial charge in [0.05, 0.1) is 36.2 Å². The maximum absolute atomic E-state index is 13.5. The first-order valence-electron chi connectivity index (χ1n) is 10.4. The summed E-state index contributed by atoms with van der Waals surface area (Å²) in [6.45, 7) is -1.92. The van der Waals surface area contributed by atoms with E-state index in [1.165, 1.54) is 7.11 Å². The van der Waals surface area contributed by atoms with Gasteiger partial charge in [-0.15, -0.1) is 0 Å². The summed E-state index contributed by atoms with van der Waals surface area (Å²) in [6, 6.07) is 11.6. The summed E-state index contributed by atoms with van der Waals surface area (Å²) in [6.07, 6.45) is -8.58. The second-order valence-corrected chi connectivity index (χ2v) is 7.72. The number of benzene rings is 2. The molecule has 1 aliphatic heterocycles. The molecule has 188 valence electrons. The molecule has 2 aromatic carbocycles. The number of hydrogen-bond donors (Lipinski definition) is 1. The smallest absolute Gasteiger partial charge is 0.422 e. The van der Waals surface area contributed by atoms with E-state index in [1.54, 1.807) is 42.6 Å². The number of fused-ring (bicyclic) bond motifs is 1. The number of aromatic nitrogens is 1. The van der Waals surface area contributed by atoms with Crippen molar-refractivity contribution in [2.24, 2.45) is 4.99 Å². The third-order valence-electron chi connectivity index (χ3n) is 5.13. The molecule has 0 unspecified atom stereocenters. The van der Waals surface area contributed by atoms with Crippen LogP contribution in [0.1, 0.15) is 17.5 Å². The fourth-order valence-electron chi connectivity index (χ4n) is 3.51. The highest BCUT2D eigenvalue weighted by atomic mass is 19.4. The van der Waals surface area contributed by atoms with Gasteiger partial charge in [-0.3, -0.25) is 4.79 Å². The average molecular weight is 509 g/mol. The Hall–Kier alpha value is -4.09. The van der Waals surface area contributed by atoms with Crippen LogP contribution in [-0.4, -0.2) is 36.5 Å². The Kier molecular flexibility index (Phi) is 6.61. The van der Waals surface area contributed by atoms with Crippen LogP contribution in [0.5, 0.6) is 11.6 Å². The molecule has 36 heavy (non-hydrogen) atoms. The van der Waals surface area contributed by atoms with Gasteiger partial charge in [0.1, 0.15) is 5.75 Å². The lowest BCUT2D eigenvalue weighted by Crippen LogP contribution is -2.21. The summed E-state index contributed by atoms with van der Waals surface area (Å²) in [5.41, 5.74) is 0.222. The Labute approximate surface area is 200 Å². The van der Waals surface area contributed by atoms with Crippen LogP contribution in [0.3, 0.4) is 0 Å². The molecule has 0 spiro atoms. The van der Waals surface area contributed by atoms with E-state index >= 15 is 0 Å². The molecule has 0 radical (unpaired) electrons. The average Bonchev–Trinajstić information content (AvgIpc) is 2.99. The molecule has 1 aromatic heterocycles. The number of rotatable bonds is 5. The van der Waals surface area contributed by atoms with E-state index in [1.807, 2.05) is 0 Å². The topological polar surface area (TPSA) is 72.8 Å². The summed E-state index contributed by atoms with van der Waals surface area (Å²) < 4.78 is 87.9. The quantitative estimate of drug-likeness (QED) is 0.417. The number of carbonyl (C=O) groups is 1. The molecular formula is C24H17F6N3O3. The standard InChI is InChI=1S/C24H17F6N3O3/c1-35-22-6-5-15(11-31-22)13-3-2-4-14(7-13)17-10-21(34)33-18-8-16(24(28,29)30)20(9-19(18)32-17)36-12-23(25,26)27/h2-9,11H,10,12H2,1H3,(H,33,34). The van der Waals surface area contributed by atoms with Gasteiger partial charge in [-0.05, 0) is 29.3 Å². The van der Waals surface area contributed by atoms with E-state index < -0.39 is 36.2 Å². The molecule has 0 saturated heterocycles. The molecule has 1 aliphatic rings. The van der Waals surface area contributed by atoms with Gasteiger partial charge in [-0.1, -0.05) is 18.2 Å². The van der Waals surface area contributed by atoms with Gasteiger partial charge in [0.15, 0.2) is 6.61 Å². The number of methoxy groups -OCH3 is 1. The molecule has 12 heteroatoms. The molecule has 0 saturated carbocycles. The largest absolute Gasteiger partial charge is 0.483 e. The summed E-state index contributed by atoms with van der Waals surface area (Å²) in [4.78, 5) is 20.9. The Morgan fingerprint density at radius 3 is 2.36 bits per heavy atom. The number of nitrogens with one attached hydrogen (secondary N) is 1. The van der Waals surface area contributed by atoms with Crippen molar-refractivity contribution in [3.8, 4) is 22.8 Å². The number of ether oxygens (including phenoxy) is 2. The minimum absolute atomic E-state index is 0.169. The van der Waals surface area contributed by atoms with E-state index in [9.17, 15) is 31.1 Å². The van der Waals surface area contributed by atoms with Gasteiger partial charge < -0.3 is 14.8 Å². The molecular weight excluding hydrogens is 492 g/mol. The number of hydrogen-bond acceptors (Lipinski definition) is 5. The predicted molar refractivity (Wildman–Crippen MR) is 119 cm³/mol. The Bertz CT molecular complexity index is 1320.